The minimum absolute atomic E-state index is 0.0741. The zero-order valence-electron chi connectivity index (χ0n) is 27.8. The minimum Gasteiger partial charge on any atom is -0.497 e. The number of likely N-dealkylation sites (N-methyl/N-ethyl adjacent to an activating group) is 1. The van der Waals surface area contributed by atoms with Crippen molar-refractivity contribution in [3.63, 3.8) is 0 Å². The highest BCUT2D eigenvalue weighted by atomic mass is 32.2. The third-order valence-electron chi connectivity index (χ3n) is 11.8. The zero-order valence-corrected chi connectivity index (χ0v) is 28.6. The maximum atomic E-state index is 15.0. The molecule has 4 atom stereocenters. The standard InChI is InChI=1S/C36H45N5O5S/c1-38(2)47(44,45)37-34(42)23-10-14-28-31(16-23)40-21-36(35(43)41-24-11-12-25(41)20-39(3)19-24)18-30(36)29-17-26(46-4)13-15-27(29)33(40)32(28)22-8-6-5-7-9-22/h10,13-17,22,24-25,30H,5-9,11-12,18-21H2,1-4H3,(H,37,42)/t24-,25-,30-,36-/m1/s1. The molecule has 4 heterocycles. The highest BCUT2D eigenvalue weighted by Crippen LogP contribution is 2.66. The second-order valence-corrected chi connectivity index (χ2v) is 16.7. The van der Waals surface area contributed by atoms with E-state index in [-0.39, 0.29) is 29.5 Å². The summed E-state index contributed by atoms with van der Waals surface area (Å²) in [6.07, 6.45) is 8.64. The summed E-state index contributed by atoms with van der Waals surface area (Å²) in [7, 11) is 2.67. The predicted molar refractivity (Wildman–Crippen MR) is 181 cm³/mol. The number of hydrogen-bond acceptors (Lipinski definition) is 6. The van der Waals surface area contributed by atoms with Gasteiger partial charge in [0.2, 0.25) is 5.91 Å². The second-order valence-electron chi connectivity index (χ2n) is 14.8. The van der Waals surface area contributed by atoms with Gasteiger partial charge in [-0.15, -0.1) is 0 Å². The molecule has 10 nitrogen and oxygen atoms in total. The summed E-state index contributed by atoms with van der Waals surface area (Å²) in [4.78, 5) is 33.0. The number of piperazine rings is 1. The molecule has 2 saturated carbocycles. The summed E-state index contributed by atoms with van der Waals surface area (Å²) in [5.41, 5.74) is 5.33. The lowest BCUT2D eigenvalue weighted by molar-refractivity contribution is -0.143. The first-order valence-electron chi connectivity index (χ1n) is 17.1. The maximum Gasteiger partial charge on any atom is 0.303 e. The van der Waals surface area contributed by atoms with Gasteiger partial charge in [0, 0.05) is 73.8 Å². The van der Waals surface area contributed by atoms with Crippen LogP contribution in [0, 0.1) is 5.41 Å². The number of aromatic nitrogens is 1. The number of hydrogen-bond donors (Lipinski definition) is 1. The molecule has 3 aromatic rings. The number of ether oxygens (including phenoxy) is 1. The Bertz CT molecular complexity index is 1880. The molecule has 2 amide bonds. The number of carbonyl (C=O) groups is 2. The number of methoxy groups -OCH3 is 1. The average Bonchev–Trinajstić information content (AvgIpc) is 3.64. The van der Waals surface area contributed by atoms with Gasteiger partial charge in [0.15, 0.2) is 0 Å². The topological polar surface area (TPSA) is 104 Å². The first kappa shape index (κ1) is 30.9. The summed E-state index contributed by atoms with van der Waals surface area (Å²) in [5, 5.41) is 1.09. The summed E-state index contributed by atoms with van der Waals surface area (Å²) in [5.74, 6) is 0.822. The number of carbonyl (C=O) groups excluding carboxylic acids is 2. The maximum absolute atomic E-state index is 15.0. The molecular formula is C36H45N5O5S. The van der Waals surface area contributed by atoms with Gasteiger partial charge in [-0.2, -0.15) is 12.7 Å². The van der Waals surface area contributed by atoms with E-state index < -0.39 is 21.5 Å². The number of rotatable bonds is 6. The number of fused-ring (bicyclic) bond motifs is 9. The van der Waals surface area contributed by atoms with Crippen LogP contribution in [-0.4, -0.2) is 92.3 Å². The van der Waals surface area contributed by atoms with E-state index in [1.54, 1.807) is 13.2 Å². The number of benzene rings is 2. The van der Waals surface area contributed by atoms with Gasteiger partial charge in [0.1, 0.15) is 5.75 Å². The van der Waals surface area contributed by atoms with Gasteiger partial charge >= 0.3 is 10.2 Å². The smallest absolute Gasteiger partial charge is 0.303 e. The van der Waals surface area contributed by atoms with Gasteiger partial charge in [-0.1, -0.05) is 25.3 Å². The molecule has 0 radical (unpaired) electrons. The fourth-order valence-electron chi connectivity index (χ4n) is 9.39. The first-order valence-corrected chi connectivity index (χ1v) is 18.6. The van der Waals surface area contributed by atoms with Crippen molar-refractivity contribution in [3.05, 3.63) is 53.1 Å². The Labute approximate surface area is 277 Å². The van der Waals surface area contributed by atoms with E-state index in [1.807, 2.05) is 18.2 Å². The Hall–Kier alpha value is -3.41. The Morgan fingerprint density at radius 2 is 1.70 bits per heavy atom. The average molecular weight is 660 g/mol. The van der Waals surface area contributed by atoms with Crippen LogP contribution in [0.1, 0.15) is 84.7 Å². The van der Waals surface area contributed by atoms with Crippen LogP contribution in [0.25, 0.3) is 22.2 Å². The molecule has 8 rings (SSSR count). The Kier molecular flexibility index (Phi) is 7.27. The number of likely N-dealkylation sites (tertiary alicyclic amines) is 1. The largest absolute Gasteiger partial charge is 0.497 e. The van der Waals surface area contributed by atoms with E-state index in [0.29, 0.717) is 12.5 Å². The normalized spacial score (nSPS) is 27.3. The predicted octanol–water partition coefficient (Wildman–Crippen LogP) is 4.69. The first-order chi connectivity index (χ1) is 22.5. The molecule has 250 valence electrons. The van der Waals surface area contributed by atoms with Crippen molar-refractivity contribution in [3.8, 4) is 17.0 Å². The van der Waals surface area contributed by atoms with Crippen LogP contribution in [0.3, 0.4) is 0 Å². The lowest BCUT2D eigenvalue weighted by Gasteiger charge is -2.41. The van der Waals surface area contributed by atoms with Gasteiger partial charge in [-0.25, -0.2) is 4.72 Å². The van der Waals surface area contributed by atoms with Crippen molar-refractivity contribution in [1.29, 1.82) is 0 Å². The summed E-state index contributed by atoms with van der Waals surface area (Å²) in [6, 6.07) is 12.4. The van der Waals surface area contributed by atoms with Crippen LogP contribution >= 0.6 is 0 Å². The molecular weight excluding hydrogens is 614 g/mol. The van der Waals surface area contributed by atoms with E-state index in [9.17, 15) is 18.0 Å². The minimum atomic E-state index is -3.96. The van der Waals surface area contributed by atoms with Crippen molar-refractivity contribution in [1.82, 2.24) is 23.4 Å². The van der Waals surface area contributed by atoms with Crippen molar-refractivity contribution in [2.75, 3.05) is 41.3 Å². The molecule has 2 bridgehead atoms. The molecule has 2 aromatic carbocycles. The van der Waals surface area contributed by atoms with Gasteiger partial charge in [0.05, 0.1) is 18.2 Å². The Morgan fingerprint density at radius 1 is 0.979 bits per heavy atom. The number of nitrogens with one attached hydrogen (secondary N) is 1. The zero-order chi connectivity index (χ0) is 32.8. The quantitative estimate of drug-likeness (QED) is 0.412. The van der Waals surface area contributed by atoms with Crippen molar-refractivity contribution >= 4 is 32.9 Å². The molecule has 47 heavy (non-hydrogen) atoms. The van der Waals surface area contributed by atoms with Crippen LogP contribution < -0.4 is 9.46 Å². The SMILES string of the molecule is COc1ccc2c(c1)[C@H]1C[C@@]1(C(=O)N1[C@@H]3CC[C@@H]1CN(C)C3)Cn1c-2c(C2CCCCC2)c2ccc(C(=O)NS(=O)(=O)N(C)C)cc21. The van der Waals surface area contributed by atoms with Crippen molar-refractivity contribution in [2.24, 2.45) is 5.41 Å². The third-order valence-corrected chi connectivity index (χ3v) is 13.2. The van der Waals surface area contributed by atoms with Crippen molar-refractivity contribution < 1.29 is 22.7 Å². The molecule has 2 aliphatic carbocycles. The molecule has 1 aromatic heterocycles. The Morgan fingerprint density at radius 3 is 2.38 bits per heavy atom. The van der Waals surface area contributed by atoms with E-state index in [0.717, 1.165) is 77.4 Å². The molecule has 0 spiro atoms. The van der Waals surface area contributed by atoms with Crippen molar-refractivity contribution in [2.45, 2.75) is 81.8 Å². The van der Waals surface area contributed by atoms with Gasteiger partial charge in [-0.05, 0) is 86.5 Å². The molecule has 2 saturated heterocycles. The van der Waals surface area contributed by atoms with Crippen LogP contribution in [0.15, 0.2) is 36.4 Å². The van der Waals surface area contributed by atoms with E-state index >= 15 is 0 Å². The van der Waals surface area contributed by atoms with E-state index in [2.05, 4.69) is 38.3 Å². The second kappa shape index (κ2) is 11.1. The van der Waals surface area contributed by atoms with Crippen LogP contribution in [0.5, 0.6) is 5.75 Å². The van der Waals surface area contributed by atoms with Gasteiger partial charge in [0.25, 0.3) is 5.91 Å². The monoisotopic (exact) mass is 659 g/mol. The van der Waals surface area contributed by atoms with Crippen LogP contribution in [0.4, 0.5) is 0 Å². The fraction of sp³-hybridized carbons (Fsp3) is 0.556. The van der Waals surface area contributed by atoms with E-state index in [4.69, 9.17) is 4.74 Å². The molecule has 3 aliphatic heterocycles. The van der Waals surface area contributed by atoms with E-state index in [1.165, 1.54) is 44.5 Å². The lowest BCUT2D eigenvalue weighted by Crippen LogP contribution is -2.57. The fourth-order valence-corrected chi connectivity index (χ4v) is 9.93. The highest BCUT2D eigenvalue weighted by molar-refractivity contribution is 7.87. The molecule has 0 unspecified atom stereocenters. The molecule has 11 heteroatoms. The van der Waals surface area contributed by atoms with Gasteiger partial charge in [-0.3, -0.25) is 9.59 Å². The third kappa shape index (κ3) is 4.83. The van der Waals surface area contributed by atoms with Crippen LogP contribution in [-0.2, 0) is 21.5 Å². The summed E-state index contributed by atoms with van der Waals surface area (Å²) < 4.78 is 36.4. The molecule has 5 aliphatic rings. The lowest BCUT2D eigenvalue weighted by atomic mass is 9.81. The molecule has 1 N–H and O–H groups in total. The number of nitrogens with zero attached hydrogens (tertiary/aromatic N) is 4. The Balaban J connectivity index is 1.32. The summed E-state index contributed by atoms with van der Waals surface area (Å²) in [6.45, 7) is 2.34. The molecule has 4 fully saturated rings. The summed E-state index contributed by atoms with van der Waals surface area (Å²) >= 11 is 0. The van der Waals surface area contributed by atoms with Gasteiger partial charge < -0.3 is 19.1 Å². The van der Waals surface area contributed by atoms with Crippen LogP contribution in [0.2, 0.25) is 0 Å². The highest BCUT2D eigenvalue weighted by Gasteiger charge is 2.65. The number of amides is 2.